The quantitative estimate of drug-likeness (QED) is 0.733. The number of methoxy groups -OCH3 is 1. The maximum atomic E-state index is 5.46. The summed E-state index contributed by atoms with van der Waals surface area (Å²) in [6.45, 7) is 0. The molecule has 1 unspecified atom stereocenters. The van der Waals surface area contributed by atoms with Crippen molar-refractivity contribution in [3.8, 4) is 5.75 Å². The Kier molecular flexibility index (Phi) is 2.77. The van der Waals surface area contributed by atoms with Crippen LogP contribution in [0.3, 0.4) is 0 Å². The molecule has 0 aliphatic heterocycles. The predicted octanol–water partition coefficient (Wildman–Crippen LogP) is 0.996. The number of nitrogens with one attached hydrogen (secondary N) is 1. The highest BCUT2D eigenvalue weighted by Crippen LogP contribution is 2.26. The van der Waals surface area contributed by atoms with E-state index in [1.165, 1.54) is 11.1 Å². The Morgan fingerprint density at radius 1 is 1.47 bits per heavy atom. The van der Waals surface area contributed by atoms with Gasteiger partial charge in [-0.25, -0.2) is 0 Å². The zero-order valence-corrected chi connectivity index (χ0v) is 9.43. The standard InChI is InChI=1S/C11H14N2OS/c1-14-10-3-2-7-4-9(13-11(12)15)5-8(7)6-10/h2-3,6,9H,4-5H2,1H3,(H3,12,13,15). The van der Waals surface area contributed by atoms with E-state index in [2.05, 4.69) is 17.4 Å². The molecule has 0 bridgehead atoms. The Morgan fingerprint density at radius 2 is 2.20 bits per heavy atom. The van der Waals surface area contributed by atoms with Crippen molar-refractivity contribution in [2.24, 2.45) is 5.73 Å². The summed E-state index contributed by atoms with van der Waals surface area (Å²) in [6.07, 6.45) is 1.94. The monoisotopic (exact) mass is 222 g/mol. The van der Waals surface area contributed by atoms with Gasteiger partial charge in [0.25, 0.3) is 0 Å². The highest BCUT2D eigenvalue weighted by Gasteiger charge is 2.21. The summed E-state index contributed by atoms with van der Waals surface area (Å²) in [4.78, 5) is 0. The summed E-state index contributed by atoms with van der Waals surface area (Å²) < 4.78 is 5.18. The Hall–Kier alpha value is -1.29. The second-order valence-electron chi connectivity index (χ2n) is 3.75. The van der Waals surface area contributed by atoms with Crippen molar-refractivity contribution in [1.29, 1.82) is 0 Å². The predicted molar refractivity (Wildman–Crippen MR) is 64.1 cm³/mol. The zero-order chi connectivity index (χ0) is 10.8. The molecule has 15 heavy (non-hydrogen) atoms. The Balaban J connectivity index is 2.13. The number of nitrogens with two attached hydrogens (primary N) is 1. The van der Waals surface area contributed by atoms with Crippen molar-refractivity contribution in [2.75, 3.05) is 7.11 Å². The molecule has 0 spiro atoms. The van der Waals surface area contributed by atoms with E-state index in [0.717, 1.165) is 18.6 Å². The molecular formula is C11H14N2OS. The van der Waals surface area contributed by atoms with Crippen LogP contribution in [0, 0.1) is 0 Å². The van der Waals surface area contributed by atoms with E-state index < -0.39 is 0 Å². The van der Waals surface area contributed by atoms with Crippen LogP contribution >= 0.6 is 12.2 Å². The van der Waals surface area contributed by atoms with E-state index in [-0.39, 0.29) is 0 Å². The maximum absolute atomic E-state index is 5.46. The van der Waals surface area contributed by atoms with Gasteiger partial charge in [-0.15, -0.1) is 0 Å². The fourth-order valence-corrected chi connectivity index (χ4v) is 2.19. The van der Waals surface area contributed by atoms with Gasteiger partial charge in [-0.3, -0.25) is 0 Å². The number of fused-ring (bicyclic) bond motifs is 1. The maximum Gasteiger partial charge on any atom is 0.163 e. The first-order chi connectivity index (χ1) is 7.19. The molecule has 0 fully saturated rings. The molecule has 3 nitrogen and oxygen atoms in total. The molecule has 80 valence electrons. The van der Waals surface area contributed by atoms with Crippen LogP contribution in [-0.4, -0.2) is 18.3 Å². The van der Waals surface area contributed by atoms with Gasteiger partial charge in [0, 0.05) is 6.04 Å². The SMILES string of the molecule is COc1ccc2c(c1)CC(NC(N)=S)C2. The number of rotatable bonds is 2. The molecule has 1 aromatic carbocycles. The van der Waals surface area contributed by atoms with Crippen LogP contribution in [0.2, 0.25) is 0 Å². The molecule has 1 aromatic rings. The number of thiocarbonyl (C=S) groups is 1. The molecule has 0 radical (unpaired) electrons. The van der Waals surface area contributed by atoms with Crippen molar-refractivity contribution < 1.29 is 4.74 Å². The van der Waals surface area contributed by atoms with Gasteiger partial charge in [-0.05, 0) is 48.3 Å². The van der Waals surface area contributed by atoms with E-state index in [1.54, 1.807) is 7.11 Å². The molecule has 1 aliphatic rings. The first-order valence-corrected chi connectivity index (χ1v) is 5.31. The molecule has 1 aliphatic carbocycles. The van der Waals surface area contributed by atoms with E-state index >= 15 is 0 Å². The first-order valence-electron chi connectivity index (χ1n) is 4.91. The topological polar surface area (TPSA) is 47.3 Å². The van der Waals surface area contributed by atoms with Gasteiger partial charge >= 0.3 is 0 Å². The van der Waals surface area contributed by atoms with Gasteiger partial charge in [0.15, 0.2) is 5.11 Å². The Morgan fingerprint density at radius 3 is 2.87 bits per heavy atom. The molecule has 0 saturated heterocycles. The molecule has 4 heteroatoms. The third-order valence-corrected chi connectivity index (χ3v) is 2.81. The van der Waals surface area contributed by atoms with Crippen LogP contribution in [0.15, 0.2) is 18.2 Å². The van der Waals surface area contributed by atoms with Crippen molar-refractivity contribution in [3.63, 3.8) is 0 Å². The lowest BCUT2D eigenvalue weighted by Gasteiger charge is -2.10. The first kappa shape index (κ1) is 10.2. The molecule has 0 amide bonds. The smallest absolute Gasteiger partial charge is 0.163 e. The summed E-state index contributed by atoms with van der Waals surface area (Å²) in [5, 5.41) is 3.47. The molecule has 1 atom stereocenters. The van der Waals surface area contributed by atoms with Crippen LogP contribution in [0.25, 0.3) is 0 Å². The van der Waals surface area contributed by atoms with Crippen molar-refractivity contribution in [2.45, 2.75) is 18.9 Å². The third-order valence-electron chi connectivity index (χ3n) is 2.69. The molecule has 0 aromatic heterocycles. The van der Waals surface area contributed by atoms with Gasteiger partial charge < -0.3 is 15.8 Å². The normalized spacial score (nSPS) is 18.3. The molecule has 0 heterocycles. The molecular weight excluding hydrogens is 208 g/mol. The summed E-state index contributed by atoms with van der Waals surface area (Å²) in [7, 11) is 1.68. The molecule has 3 N–H and O–H groups in total. The minimum atomic E-state index is 0.338. The van der Waals surface area contributed by atoms with E-state index in [9.17, 15) is 0 Å². The highest BCUT2D eigenvalue weighted by atomic mass is 32.1. The minimum absolute atomic E-state index is 0.338. The zero-order valence-electron chi connectivity index (χ0n) is 8.62. The fraction of sp³-hybridized carbons (Fsp3) is 0.364. The Bertz CT molecular complexity index is 392. The second-order valence-corrected chi connectivity index (χ2v) is 4.19. The second kappa shape index (κ2) is 4.06. The summed E-state index contributed by atoms with van der Waals surface area (Å²) in [6, 6.07) is 6.51. The Labute approximate surface area is 94.6 Å². The van der Waals surface area contributed by atoms with Gasteiger partial charge in [0.2, 0.25) is 0 Å². The van der Waals surface area contributed by atoms with Crippen LogP contribution in [0.1, 0.15) is 11.1 Å². The van der Waals surface area contributed by atoms with Crippen molar-refractivity contribution >= 4 is 17.3 Å². The van der Waals surface area contributed by atoms with Crippen LogP contribution in [0.5, 0.6) is 5.75 Å². The summed E-state index contributed by atoms with van der Waals surface area (Å²) >= 11 is 4.83. The third kappa shape index (κ3) is 2.21. The summed E-state index contributed by atoms with van der Waals surface area (Å²) in [5.41, 5.74) is 8.13. The van der Waals surface area contributed by atoms with Gasteiger partial charge in [0.05, 0.1) is 7.11 Å². The lowest BCUT2D eigenvalue weighted by molar-refractivity contribution is 0.414. The number of benzene rings is 1. The number of ether oxygens (including phenoxy) is 1. The minimum Gasteiger partial charge on any atom is -0.497 e. The summed E-state index contributed by atoms with van der Waals surface area (Å²) in [5.74, 6) is 0.907. The lowest BCUT2D eigenvalue weighted by Crippen LogP contribution is -2.38. The van der Waals surface area contributed by atoms with Crippen LogP contribution in [0.4, 0.5) is 0 Å². The van der Waals surface area contributed by atoms with Gasteiger partial charge in [0.1, 0.15) is 5.75 Å². The van der Waals surface area contributed by atoms with E-state index in [4.69, 9.17) is 22.7 Å². The molecule has 2 rings (SSSR count). The van der Waals surface area contributed by atoms with E-state index in [0.29, 0.717) is 11.2 Å². The van der Waals surface area contributed by atoms with Crippen molar-refractivity contribution in [1.82, 2.24) is 5.32 Å². The fourth-order valence-electron chi connectivity index (χ4n) is 2.02. The average molecular weight is 222 g/mol. The van der Waals surface area contributed by atoms with Gasteiger partial charge in [-0.1, -0.05) is 6.07 Å². The average Bonchev–Trinajstić information content (AvgIpc) is 2.57. The van der Waals surface area contributed by atoms with Gasteiger partial charge in [-0.2, -0.15) is 0 Å². The molecule has 0 saturated carbocycles. The van der Waals surface area contributed by atoms with E-state index in [1.807, 2.05) is 6.07 Å². The van der Waals surface area contributed by atoms with Crippen LogP contribution < -0.4 is 15.8 Å². The largest absolute Gasteiger partial charge is 0.497 e. The number of hydrogen-bond donors (Lipinski definition) is 2. The number of hydrogen-bond acceptors (Lipinski definition) is 2. The highest BCUT2D eigenvalue weighted by molar-refractivity contribution is 7.80. The van der Waals surface area contributed by atoms with Crippen LogP contribution in [-0.2, 0) is 12.8 Å². The van der Waals surface area contributed by atoms with Crippen molar-refractivity contribution in [3.05, 3.63) is 29.3 Å². The lowest BCUT2D eigenvalue weighted by atomic mass is 10.1.